The van der Waals surface area contributed by atoms with E-state index in [1.165, 1.54) is 101 Å². The van der Waals surface area contributed by atoms with Crippen molar-refractivity contribution in [3.05, 3.63) is 36.7 Å². The van der Waals surface area contributed by atoms with Crippen LogP contribution in [0.15, 0.2) is 36.7 Å². The SMILES string of the molecule is C=C(CCCCCCCCCCCCCCC)NCCCCC(N)C(=C)NCCCCC(NC)C(=C)C. The molecule has 5 N–H and O–H groups in total. The third-order valence-corrected chi connectivity index (χ3v) is 7.56. The fourth-order valence-electron chi connectivity index (χ4n) is 4.86. The zero-order chi connectivity index (χ0) is 27.6. The molecule has 0 saturated heterocycles. The minimum Gasteiger partial charge on any atom is -0.389 e. The molecule has 37 heavy (non-hydrogen) atoms. The number of hydrogen-bond acceptors (Lipinski definition) is 4. The van der Waals surface area contributed by atoms with Gasteiger partial charge in [-0.1, -0.05) is 109 Å². The highest BCUT2D eigenvalue weighted by Gasteiger charge is 2.08. The third kappa shape index (κ3) is 23.6. The normalized spacial score (nSPS) is 12.8. The molecule has 0 aromatic heterocycles. The van der Waals surface area contributed by atoms with Gasteiger partial charge in [0.1, 0.15) is 0 Å². The van der Waals surface area contributed by atoms with Crippen LogP contribution in [0.5, 0.6) is 0 Å². The molecule has 0 aromatic carbocycles. The Morgan fingerprint density at radius 1 is 0.649 bits per heavy atom. The van der Waals surface area contributed by atoms with Crippen LogP contribution in [0.1, 0.15) is 142 Å². The summed E-state index contributed by atoms with van der Waals surface area (Å²) in [6.45, 7) is 18.7. The Kier molecular flexibility index (Phi) is 25.5. The van der Waals surface area contributed by atoms with Gasteiger partial charge in [0.2, 0.25) is 0 Å². The smallest absolute Gasteiger partial charge is 0.0438 e. The van der Waals surface area contributed by atoms with E-state index in [1.54, 1.807) is 0 Å². The van der Waals surface area contributed by atoms with Gasteiger partial charge in [-0.2, -0.15) is 0 Å². The molecule has 2 unspecified atom stereocenters. The van der Waals surface area contributed by atoms with E-state index >= 15 is 0 Å². The average Bonchev–Trinajstić information content (AvgIpc) is 2.88. The van der Waals surface area contributed by atoms with Gasteiger partial charge in [0.15, 0.2) is 0 Å². The highest BCUT2D eigenvalue weighted by atomic mass is 14.9. The lowest BCUT2D eigenvalue weighted by atomic mass is 10.0. The van der Waals surface area contributed by atoms with E-state index in [-0.39, 0.29) is 6.04 Å². The van der Waals surface area contributed by atoms with Gasteiger partial charge >= 0.3 is 0 Å². The van der Waals surface area contributed by atoms with Crippen LogP contribution in [0, 0.1) is 0 Å². The van der Waals surface area contributed by atoms with Crippen molar-refractivity contribution in [2.45, 2.75) is 154 Å². The quantitative estimate of drug-likeness (QED) is 0.0592. The highest BCUT2D eigenvalue weighted by Crippen LogP contribution is 2.14. The summed E-state index contributed by atoms with van der Waals surface area (Å²) in [6, 6.07) is 0.457. The Labute approximate surface area is 232 Å². The molecule has 218 valence electrons. The van der Waals surface area contributed by atoms with E-state index in [4.69, 9.17) is 5.73 Å². The van der Waals surface area contributed by atoms with Crippen molar-refractivity contribution >= 4 is 0 Å². The molecule has 4 heteroatoms. The summed E-state index contributed by atoms with van der Waals surface area (Å²) >= 11 is 0. The maximum absolute atomic E-state index is 6.32. The maximum Gasteiger partial charge on any atom is 0.0438 e. The third-order valence-electron chi connectivity index (χ3n) is 7.56. The number of rotatable bonds is 29. The molecule has 0 amide bonds. The van der Waals surface area contributed by atoms with Crippen molar-refractivity contribution in [2.75, 3.05) is 20.1 Å². The Morgan fingerprint density at radius 2 is 1.14 bits per heavy atom. The fourth-order valence-corrected chi connectivity index (χ4v) is 4.86. The molecule has 0 spiro atoms. The zero-order valence-corrected chi connectivity index (χ0v) is 25.4. The van der Waals surface area contributed by atoms with Crippen molar-refractivity contribution in [1.29, 1.82) is 0 Å². The first-order valence-corrected chi connectivity index (χ1v) is 15.8. The molecule has 0 heterocycles. The number of likely N-dealkylation sites (N-methyl/N-ethyl adjacent to an activating group) is 1. The van der Waals surface area contributed by atoms with E-state index in [0.29, 0.717) is 6.04 Å². The summed E-state index contributed by atoms with van der Waals surface area (Å²) in [5, 5.41) is 10.3. The Balaban J connectivity index is 3.48. The Morgan fingerprint density at radius 3 is 1.65 bits per heavy atom. The van der Waals surface area contributed by atoms with Crippen molar-refractivity contribution in [3.8, 4) is 0 Å². The molecule has 0 rings (SSSR count). The highest BCUT2D eigenvalue weighted by molar-refractivity contribution is 5.02. The molecule has 0 saturated carbocycles. The molecule has 0 aromatic rings. The first-order chi connectivity index (χ1) is 17.9. The molecule has 2 atom stereocenters. The van der Waals surface area contributed by atoms with E-state index in [0.717, 1.165) is 57.3 Å². The van der Waals surface area contributed by atoms with Crippen LogP contribution in [-0.2, 0) is 0 Å². The zero-order valence-electron chi connectivity index (χ0n) is 25.4. The topological polar surface area (TPSA) is 62.1 Å². The number of nitrogens with one attached hydrogen (secondary N) is 3. The molecule has 0 aliphatic carbocycles. The van der Waals surface area contributed by atoms with Gasteiger partial charge in [0.25, 0.3) is 0 Å². The molecule has 0 aliphatic rings. The minimum atomic E-state index is 0.0365. The van der Waals surface area contributed by atoms with Crippen LogP contribution in [0.4, 0.5) is 0 Å². The lowest BCUT2D eigenvalue weighted by molar-refractivity contribution is 0.526. The Hall–Kier alpha value is -1.26. The van der Waals surface area contributed by atoms with Gasteiger partial charge in [0.05, 0.1) is 0 Å². The summed E-state index contributed by atoms with van der Waals surface area (Å²) in [5.41, 5.74) is 9.71. The van der Waals surface area contributed by atoms with Crippen molar-refractivity contribution in [3.63, 3.8) is 0 Å². The predicted molar refractivity (Wildman–Crippen MR) is 168 cm³/mol. The van der Waals surface area contributed by atoms with E-state index in [2.05, 4.69) is 49.5 Å². The first-order valence-electron chi connectivity index (χ1n) is 15.8. The summed E-state index contributed by atoms with van der Waals surface area (Å²) in [4.78, 5) is 0. The lowest BCUT2D eigenvalue weighted by Gasteiger charge is -2.18. The standard InChI is InChI=1S/C33H66N4/c1-7-8-9-10-11-12-13-14-15-16-17-18-19-24-30(4)36-27-22-20-25-32(34)31(5)37-28-23-21-26-33(35-6)29(2)3/h32-33,35-37H,2,4-5,7-28,34H2,1,3,6H3. The fraction of sp³-hybridized carbons (Fsp3) is 0.818. The van der Waals surface area contributed by atoms with Gasteiger partial charge < -0.3 is 21.7 Å². The van der Waals surface area contributed by atoms with Crippen LogP contribution in [0.3, 0.4) is 0 Å². The predicted octanol–water partition coefficient (Wildman–Crippen LogP) is 8.51. The summed E-state index contributed by atoms with van der Waals surface area (Å²) < 4.78 is 0. The second-order valence-corrected chi connectivity index (χ2v) is 11.3. The van der Waals surface area contributed by atoms with E-state index < -0.39 is 0 Å². The molecular formula is C33H66N4. The molecule has 0 bridgehead atoms. The van der Waals surface area contributed by atoms with Crippen molar-refractivity contribution in [1.82, 2.24) is 16.0 Å². The molecule has 4 nitrogen and oxygen atoms in total. The number of hydrogen-bond donors (Lipinski definition) is 4. The first kappa shape index (κ1) is 35.7. The van der Waals surface area contributed by atoms with Crippen LogP contribution >= 0.6 is 0 Å². The van der Waals surface area contributed by atoms with Gasteiger partial charge in [-0.05, 0) is 65.3 Å². The minimum absolute atomic E-state index is 0.0365. The van der Waals surface area contributed by atoms with E-state index in [1.807, 2.05) is 7.05 Å². The van der Waals surface area contributed by atoms with Gasteiger partial charge in [-0.3, -0.25) is 0 Å². The molecular weight excluding hydrogens is 452 g/mol. The van der Waals surface area contributed by atoms with Gasteiger partial charge in [0, 0.05) is 36.6 Å². The molecule has 0 fully saturated rings. The van der Waals surface area contributed by atoms with Crippen LogP contribution in [0.2, 0.25) is 0 Å². The van der Waals surface area contributed by atoms with Gasteiger partial charge in [-0.15, -0.1) is 0 Å². The summed E-state index contributed by atoms with van der Waals surface area (Å²) in [6.07, 6.45) is 26.0. The van der Waals surface area contributed by atoms with Crippen LogP contribution < -0.4 is 21.7 Å². The van der Waals surface area contributed by atoms with Crippen LogP contribution in [0.25, 0.3) is 0 Å². The van der Waals surface area contributed by atoms with E-state index in [9.17, 15) is 0 Å². The molecule has 0 aliphatic heterocycles. The van der Waals surface area contributed by atoms with Crippen LogP contribution in [-0.4, -0.2) is 32.2 Å². The van der Waals surface area contributed by atoms with Crippen molar-refractivity contribution < 1.29 is 0 Å². The monoisotopic (exact) mass is 519 g/mol. The Bertz CT molecular complexity index is 557. The van der Waals surface area contributed by atoms with Crippen molar-refractivity contribution in [2.24, 2.45) is 5.73 Å². The maximum atomic E-state index is 6.32. The number of unbranched alkanes of at least 4 members (excludes halogenated alkanes) is 14. The summed E-state index contributed by atoms with van der Waals surface area (Å²) in [5.74, 6) is 0. The average molecular weight is 519 g/mol. The second kappa shape index (κ2) is 26.4. The molecule has 0 radical (unpaired) electrons. The summed E-state index contributed by atoms with van der Waals surface area (Å²) in [7, 11) is 2.00. The second-order valence-electron chi connectivity index (χ2n) is 11.3. The van der Waals surface area contributed by atoms with Gasteiger partial charge in [-0.25, -0.2) is 0 Å². The number of allylic oxidation sites excluding steroid dienone is 1. The largest absolute Gasteiger partial charge is 0.389 e. The number of nitrogens with two attached hydrogens (primary N) is 1. The lowest BCUT2D eigenvalue weighted by Crippen LogP contribution is -2.31.